The summed E-state index contributed by atoms with van der Waals surface area (Å²) in [6.07, 6.45) is 2.23. The number of allylic oxidation sites excluding steroid dienone is 1. The number of carbonyl (C=O) groups is 1. The van der Waals surface area contributed by atoms with Crippen molar-refractivity contribution in [2.45, 2.75) is 6.92 Å². The number of rotatable bonds is 3. The quantitative estimate of drug-likeness (QED) is 0.691. The Hall–Kier alpha value is -2.82. The first-order valence-electron chi connectivity index (χ1n) is 6.36. The summed E-state index contributed by atoms with van der Waals surface area (Å²) in [6.45, 7) is 5.79. The van der Waals surface area contributed by atoms with Gasteiger partial charge in [0.25, 0.3) is 0 Å². The lowest BCUT2D eigenvalue weighted by atomic mass is 10.1. The summed E-state index contributed by atoms with van der Waals surface area (Å²) in [4.78, 5) is 15.1. The Bertz CT molecular complexity index is 850. The molecule has 0 bridgehead atoms. The SMILES string of the molecule is C=C(C)c1cc(-c2ccc(F)cc2)nn2cc(C=O)nc12. The molecule has 5 heteroatoms. The second-order valence-corrected chi connectivity index (χ2v) is 4.78. The van der Waals surface area contributed by atoms with Crippen LogP contribution in [0.15, 0.2) is 43.1 Å². The monoisotopic (exact) mass is 281 g/mol. The van der Waals surface area contributed by atoms with Crippen LogP contribution in [0, 0.1) is 5.82 Å². The van der Waals surface area contributed by atoms with Crippen molar-refractivity contribution in [2.75, 3.05) is 0 Å². The fourth-order valence-corrected chi connectivity index (χ4v) is 2.13. The van der Waals surface area contributed by atoms with E-state index in [-0.39, 0.29) is 5.82 Å². The average Bonchev–Trinajstić information content (AvgIpc) is 2.89. The number of aromatic nitrogens is 3. The normalized spacial score (nSPS) is 10.8. The van der Waals surface area contributed by atoms with Gasteiger partial charge in [-0.1, -0.05) is 6.58 Å². The summed E-state index contributed by atoms with van der Waals surface area (Å²) in [5.41, 5.74) is 3.94. The minimum absolute atomic E-state index is 0.300. The molecule has 104 valence electrons. The summed E-state index contributed by atoms with van der Waals surface area (Å²) < 4.78 is 14.6. The molecule has 4 nitrogen and oxygen atoms in total. The summed E-state index contributed by atoms with van der Waals surface area (Å²) in [6, 6.07) is 7.91. The lowest BCUT2D eigenvalue weighted by Gasteiger charge is -2.07. The molecule has 0 atom stereocenters. The van der Waals surface area contributed by atoms with Gasteiger partial charge in [-0.05, 0) is 42.8 Å². The van der Waals surface area contributed by atoms with Crippen molar-refractivity contribution in [1.82, 2.24) is 14.6 Å². The maximum Gasteiger partial charge on any atom is 0.170 e. The highest BCUT2D eigenvalue weighted by Gasteiger charge is 2.11. The van der Waals surface area contributed by atoms with E-state index in [1.54, 1.807) is 22.8 Å². The zero-order valence-corrected chi connectivity index (χ0v) is 11.4. The van der Waals surface area contributed by atoms with Crippen LogP contribution in [0.1, 0.15) is 23.0 Å². The Balaban J connectivity index is 2.26. The molecule has 3 rings (SSSR count). The largest absolute Gasteiger partial charge is 0.296 e. The minimum Gasteiger partial charge on any atom is -0.296 e. The van der Waals surface area contributed by atoms with Crippen LogP contribution in [0.4, 0.5) is 4.39 Å². The number of imidazole rings is 1. The number of carbonyl (C=O) groups excluding carboxylic acids is 1. The van der Waals surface area contributed by atoms with E-state index in [2.05, 4.69) is 16.7 Å². The van der Waals surface area contributed by atoms with Gasteiger partial charge in [0, 0.05) is 11.1 Å². The molecule has 21 heavy (non-hydrogen) atoms. The Morgan fingerprint density at radius 1 is 1.33 bits per heavy atom. The highest BCUT2D eigenvalue weighted by Crippen LogP contribution is 2.24. The van der Waals surface area contributed by atoms with Gasteiger partial charge >= 0.3 is 0 Å². The molecule has 0 saturated carbocycles. The van der Waals surface area contributed by atoms with E-state index in [0.717, 1.165) is 16.7 Å². The van der Waals surface area contributed by atoms with Crippen LogP contribution in [-0.2, 0) is 0 Å². The molecule has 0 fully saturated rings. The molecule has 0 radical (unpaired) electrons. The molecule has 0 saturated heterocycles. The van der Waals surface area contributed by atoms with Crippen LogP contribution >= 0.6 is 0 Å². The number of nitrogens with zero attached hydrogens (tertiary/aromatic N) is 3. The van der Waals surface area contributed by atoms with Crippen LogP contribution in [-0.4, -0.2) is 20.9 Å². The van der Waals surface area contributed by atoms with Crippen LogP contribution in [0.3, 0.4) is 0 Å². The summed E-state index contributed by atoms with van der Waals surface area (Å²) in [5, 5.41) is 4.42. The van der Waals surface area contributed by atoms with Crippen molar-refractivity contribution in [3.8, 4) is 11.3 Å². The van der Waals surface area contributed by atoms with E-state index < -0.39 is 0 Å². The molecule has 0 aliphatic rings. The van der Waals surface area contributed by atoms with Crippen molar-refractivity contribution in [1.29, 1.82) is 0 Å². The van der Waals surface area contributed by atoms with Crippen molar-refractivity contribution < 1.29 is 9.18 Å². The van der Waals surface area contributed by atoms with Crippen LogP contribution in [0.5, 0.6) is 0 Å². The summed E-state index contributed by atoms with van der Waals surface area (Å²) >= 11 is 0. The lowest BCUT2D eigenvalue weighted by molar-refractivity contribution is 0.111. The van der Waals surface area contributed by atoms with Gasteiger partial charge in [-0.25, -0.2) is 13.9 Å². The fourth-order valence-electron chi connectivity index (χ4n) is 2.13. The second kappa shape index (κ2) is 4.94. The summed E-state index contributed by atoms with van der Waals surface area (Å²) in [5.74, 6) is -0.300. The maximum absolute atomic E-state index is 13.0. The molecule has 0 aliphatic carbocycles. The predicted octanol–water partition coefficient (Wildman–Crippen LogP) is 3.38. The van der Waals surface area contributed by atoms with E-state index in [0.29, 0.717) is 23.3 Å². The number of aldehydes is 1. The smallest absolute Gasteiger partial charge is 0.170 e. The van der Waals surface area contributed by atoms with Gasteiger partial charge in [-0.3, -0.25) is 4.79 Å². The standard InChI is InChI=1S/C16H12FN3O/c1-10(2)14-7-15(11-3-5-12(17)6-4-11)19-20-8-13(9-21)18-16(14)20/h3-9H,1H2,2H3. The van der Waals surface area contributed by atoms with E-state index in [1.807, 2.05) is 13.0 Å². The molecule has 2 heterocycles. The number of hydrogen-bond acceptors (Lipinski definition) is 3. The van der Waals surface area contributed by atoms with Gasteiger partial charge in [-0.2, -0.15) is 5.10 Å². The number of benzene rings is 1. The Kier molecular flexibility index (Phi) is 3.10. The maximum atomic E-state index is 13.0. The molecule has 1 aromatic carbocycles. The van der Waals surface area contributed by atoms with Crippen molar-refractivity contribution in [3.63, 3.8) is 0 Å². The van der Waals surface area contributed by atoms with Gasteiger partial charge in [0.15, 0.2) is 11.9 Å². The molecule has 0 aliphatic heterocycles. The Morgan fingerprint density at radius 2 is 2.05 bits per heavy atom. The van der Waals surface area contributed by atoms with Gasteiger partial charge in [-0.15, -0.1) is 0 Å². The third kappa shape index (κ3) is 2.33. The first-order chi connectivity index (χ1) is 10.1. The van der Waals surface area contributed by atoms with E-state index in [9.17, 15) is 9.18 Å². The zero-order chi connectivity index (χ0) is 15.0. The number of fused-ring (bicyclic) bond motifs is 1. The van der Waals surface area contributed by atoms with Gasteiger partial charge in [0.05, 0.1) is 11.9 Å². The molecular formula is C16H12FN3O. The molecule has 0 unspecified atom stereocenters. The summed E-state index contributed by atoms with van der Waals surface area (Å²) in [7, 11) is 0. The van der Waals surface area contributed by atoms with Crippen molar-refractivity contribution in [3.05, 3.63) is 60.2 Å². The zero-order valence-electron chi connectivity index (χ0n) is 11.4. The molecule has 3 aromatic rings. The van der Waals surface area contributed by atoms with Crippen molar-refractivity contribution >= 4 is 17.5 Å². The fraction of sp³-hybridized carbons (Fsp3) is 0.0625. The number of hydrogen-bond donors (Lipinski definition) is 0. The minimum atomic E-state index is -0.300. The third-order valence-electron chi connectivity index (χ3n) is 3.16. The molecule has 0 amide bonds. The molecule has 0 N–H and O–H groups in total. The first kappa shape index (κ1) is 13.2. The predicted molar refractivity (Wildman–Crippen MR) is 78.5 cm³/mol. The first-order valence-corrected chi connectivity index (χ1v) is 6.36. The lowest BCUT2D eigenvalue weighted by Crippen LogP contribution is -1.98. The Morgan fingerprint density at radius 3 is 2.67 bits per heavy atom. The van der Waals surface area contributed by atoms with Crippen LogP contribution in [0.2, 0.25) is 0 Å². The van der Waals surface area contributed by atoms with Gasteiger partial charge in [0.1, 0.15) is 11.5 Å². The average molecular weight is 281 g/mol. The van der Waals surface area contributed by atoms with E-state index in [1.165, 1.54) is 12.1 Å². The topological polar surface area (TPSA) is 47.3 Å². The Labute approximate surface area is 120 Å². The third-order valence-corrected chi connectivity index (χ3v) is 3.16. The van der Waals surface area contributed by atoms with E-state index >= 15 is 0 Å². The molecule has 0 spiro atoms. The van der Waals surface area contributed by atoms with Crippen LogP contribution < -0.4 is 0 Å². The van der Waals surface area contributed by atoms with Crippen LogP contribution in [0.25, 0.3) is 22.5 Å². The highest BCUT2D eigenvalue weighted by molar-refractivity contribution is 5.80. The molecule has 2 aromatic heterocycles. The number of halogens is 1. The molecular weight excluding hydrogens is 269 g/mol. The second-order valence-electron chi connectivity index (χ2n) is 4.78. The highest BCUT2D eigenvalue weighted by atomic mass is 19.1. The van der Waals surface area contributed by atoms with Gasteiger partial charge in [0.2, 0.25) is 0 Å². The van der Waals surface area contributed by atoms with Gasteiger partial charge < -0.3 is 0 Å². The van der Waals surface area contributed by atoms with E-state index in [4.69, 9.17) is 0 Å². The van der Waals surface area contributed by atoms with Crippen molar-refractivity contribution in [2.24, 2.45) is 0 Å².